The van der Waals surface area contributed by atoms with E-state index in [-0.39, 0.29) is 0 Å². The van der Waals surface area contributed by atoms with Crippen LogP contribution in [0.5, 0.6) is 5.75 Å². The molecule has 1 N–H and O–H groups in total. The summed E-state index contributed by atoms with van der Waals surface area (Å²) in [5, 5.41) is 4.80. The molecule has 0 aliphatic carbocycles. The summed E-state index contributed by atoms with van der Waals surface area (Å²) in [6, 6.07) is 11.5. The quantitative estimate of drug-likeness (QED) is 0.598. The summed E-state index contributed by atoms with van der Waals surface area (Å²) in [6.07, 6.45) is 2.58. The molecule has 1 aliphatic heterocycles. The first-order chi connectivity index (χ1) is 12.7. The van der Waals surface area contributed by atoms with Gasteiger partial charge in [0.25, 0.3) is 0 Å². The van der Waals surface area contributed by atoms with Crippen LogP contribution < -0.4 is 10.1 Å². The van der Waals surface area contributed by atoms with Crippen LogP contribution in [0, 0.1) is 5.92 Å². The van der Waals surface area contributed by atoms with Crippen molar-refractivity contribution in [2.24, 2.45) is 5.92 Å². The fourth-order valence-corrected chi connectivity index (χ4v) is 3.48. The van der Waals surface area contributed by atoms with Crippen LogP contribution in [0.1, 0.15) is 6.42 Å². The third-order valence-electron chi connectivity index (χ3n) is 4.29. The number of hydrogen-bond donors (Lipinski definition) is 1. The molecule has 1 atom stereocenters. The molecule has 0 saturated carbocycles. The smallest absolute Gasteiger partial charge is 0.141 e. The average Bonchev–Trinajstić information content (AvgIpc) is 3.15. The molecule has 2 heterocycles. The molecule has 0 spiro atoms. The van der Waals surface area contributed by atoms with Gasteiger partial charge in [-0.05, 0) is 42.8 Å². The number of benzene rings is 2. The zero-order chi connectivity index (χ0) is 17.9. The molecule has 26 heavy (non-hydrogen) atoms. The molecule has 0 radical (unpaired) electrons. The average molecular weight is 435 g/mol. The second kappa shape index (κ2) is 7.78. The van der Waals surface area contributed by atoms with E-state index < -0.39 is 0 Å². The molecular weight excluding hydrogens is 418 g/mol. The van der Waals surface area contributed by atoms with E-state index in [2.05, 4.69) is 31.2 Å². The number of aromatic nitrogens is 2. The Morgan fingerprint density at radius 1 is 1.23 bits per heavy atom. The Hall–Kier alpha value is -1.89. The predicted molar refractivity (Wildman–Crippen MR) is 106 cm³/mol. The summed E-state index contributed by atoms with van der Waals surface area (Å²) in [5.41, 5.74) is 1.71. The zero-order valence-electron chi connectivity index (χ0n) is 13.9. The summed E-state index contributed by atoms with van der Waals surface area (Å²) in [7, 11) is 0. The maximum atomic E-state index is 6.39. The highest BCUT2D eigenvalue weighted by atomic mass is 79.9. The maximum Gasteiger partial charge on any atom is 0.141 e. The number of rotatable bonds is 5. The fraction of sp³-hybridized carbons (Fsp3) is 0.263. The van der Waals surface area contributed by atoms with Crippen molar-refractivity contribution in [3.05, 3.63) is 52.2 Å². The van der Waals surface area contributed by atoms with Crippen molar-refractivity contribution in [3.8, 4) is 5.75 Å². The Morgan fingerprint density at radius 2 is 2.15 bits per heavy atom. The summed E-state index contributed by atoms with van der Waals surface area (Å²) >= 11 is 9.88. The molecule has 1 aromatic heterocycles. The van der Waals surface area contributed by atoms with Crippen LogP contribution in [0.4, 0.5) is 11.5 Å². The van der Waals surface area contributed by atoms with E-state index in [4.69, 9.17) is 21.1 Å². The molecule has 134 valence electrons. The molecule has 4 rings (SSSR count). The van der Waals surface area contributed by atoms with Crippen LogP contribution in [0.15, 0.2) is 47.2 Å². The van der Waals surface area contributed by atoms with Gasteiger partial charge in [-0.1, -0.05) is 27.5 Å². The Labute approximate surface area is 164 Å². The van der Waals surface area contributed by atoms with Gasteiger partial charge in [0, 0.05) is 28.1 Å². The molecular formula is C19H17BrClN3O2. The van der Waals surface area contributed by atoms with Gasteiger partial charge in [-0.25, -0.2) is 9.97 Å². The van der Waals surface area contributed by atoms with Gasteiger partial charge in [-0.3, -0.25) is 0 Å². The molecule has 2 aromatic carbocycles. The van der Waals surface area contributed by atoms with Crippen molar-refractivity contribution >= 4 is 49.9 Å². The topological polar surface area (TPSA) is 56.3 Å². The Morgan fingerprint density at radius 3 is 2.96 bits per heavy atom. The molecule has 7 heteroatoms. The molecule has 3 aromatic rings. The van der Waals surface area contributed by atoms with E-state index in [1.54, 1.807) is 6.33 Å². The first-order valence-corrected chi connectivity index (χ1v) is 9.53. The third-order valence-corrected chi connectivity index (χ3v) is 5.08. The highest BCUT2D eigenvalue weighted by Crippen LogP contribution is 2.31. The van der Waals surface area contributed by atoms with Gasteiger partial charge in [0.2, 0.25) is 0 Å². The van der Waals surface area contributed by atoms with E-state index in [1.165, 1.54) is 0 Å². The molecule has 1 aliphatic rings. The van der Waals surface area contributed by atoms with Crippen LogP contribution in [0.3, 0.4) is 0 Å². The Bertz CT molecular complexity index is 932. The molecule has 1 saturated heterocycles. The molecule has 5 nitrogen and oxygen atoms in total. The lowest BCUT2D eigenvalue weighted by Crippen LogP contribution is -2.11. The van der Waals surface area contributed by atoms with Crippen LogP contribution in [-0.4, -0.2) is 29.8 Å². The van der Waals surface area contributed by atoms with Crippen molar-refractivity contribution in [2.45, 2.75) is 6.42 Å². The van der Waals surface area contributed by atoms with Gasteiger partial charge in [0.05, 0.1) is 23.8 Å². The number of nitrogens with one attached hydrogen (secondary N) is 1. The largest absolute Gasteiger partial charge is 0.492 e. The maximum absolute atomic E-state index is 6.39. The first kappa shape index (κ1) is 17.5. The second-order valence-electron chi connectivity index (χ2n) is 6.19. The molecule has 1 fully saturated rings. The third kappa shape index (κ3) is 3.92. The highest BCUT2D eigenvalue weighted by Gasteiger charge is 2.17. The minimum atomic E-state index is 0.440. The van der Waals surface area contributed by atoms with E-state index in [9.17, 15) is 0 Å². The van der Waals surface area contributed by atoms with E-state index in [1.807, 2.05) is 36.4 Å². The van der Waals surface area contributed by atoms with Gasteiger partial charge in [0.1, 0.15) is 17.9 Å². The lowest BCUT2D eigenvalue weighted by Gasteiger charge is -2.13. The first-order valence-electron chi connectivity index (χ1n) is 8.36. The molecule has 1 unspecified atom stereocenters. The van der Waals surface area contributed by atoms with E-state index in [0.717, 1.165) is 46.5 Å². The van der Waals surface area contributed by atoms with Gasteiger partial charge in [-0.2, -0.15) is 0 Å². The number of fused-ring (bicyclic) bond motifs is 1. The second-order valence-corrected chi connectivity index (χ2v) is 7.52. The summed E-state index contributed by atoms with van der Waals surface area (Å²) in [6.45, 7) is 2.19. The Kier molecular flexibility index (Phi) is 5.24. The minimum Gasteiger partial charge on any atom is -0.492 e. The number of nitrogens with zero attached hydrogens (tertiary/aromatic N) is 2. The van der Waals surface area contributed by atoms with Gasteiger partial charge in [-0.15, -0.1) is 0 Å². The summed E-state index contributed by atoms with van der Waals surface area (Å²) < 4.78 is 12.2. The van der Waals surface area contributed by atoms with Crippen molar-refractivity contribution in [2.75, 3.05) is 25.1 Å². The normalized spacial score (nSPS) is 16.8. The zero-order valence-corrected chi connectivity index (χ0v) is 16.3. The van der Waals surface area contributed by atoms with Gasteiger partial charge >= 0.3 is 0 Å². The number of halogens is 2. The van der Waals surface area contributed by atoms with Crippen molar-refractivity contribution in [1.29, 1.82) is 0 Å². The monoisotopic (exact) mass is 433 g/mol. The lowest BCUT2D eigenvalue weighted by atomic mass is 10.1. The van der Waals surface area contributed by atoms with Gasteiger partial charge < -0.3 is 14.8 Å². The van der Waals surface area contributed by atoms with Crippen LogP contribution in [0.2, 0.25) is 5.02 Å². The van der Waals surface area contributed by atoms with E-state index in [0.29, 0.717) is 23.3 Å². The van der Waals surface area contributed by atoms with Crippen molar-refractivity contribution in [1.82, 2.24) is 9.97 Å². The summed E-state index contributed by atoms with van der Waals surface area (Å²) in [5.74, 6) is 1.85. The summed E-state index contributed by atoms with van der Waals surface area (Å²) in [4.78, 5) is 8.64. The van der Waals surface area contributed by atoms with Crippen LogP contribution >= 0.6 is 27.5 Å². The SMILES string of the molecule is Clc1cc(Nc2ncnc3ccc(Br)cc23)ccc1OCC1CCOC1. The van der Waals surface area contributed by atoms with Crippen molar-refractivity contribution in [3.63, 3.8) is 0 Å². The van der Waals surface area contributed by atoms with Gasteiger partial charge in [0.15, 0.2) is 0 Å². The number of anilines is 2. The number of ether oxygens (including phenoxy) is 2. The highest BCUT2D eigenvalue weighted by molar-refractivity contribution is 9.10. The van der Waals surface area contributed by atoms with Crippen LogP contribution in [0.25, 0.3) is 10.9 Å². The fourth-order valence-electron chi connectivity index (χ4n) is 2.88. The molecule has 0 bridgehead atoms. The number of hydrogen-bond acceptors (Lipinski definition) is 5. The molecule has 0 amide bonds. The standard InChI is InChI=1S/C19H17BrClN3O2/c20-13-1-3-17-15(7-13)19(23-11-22-17)24-14-2-4-18(16(21)8-14)26-10-12-5-6-25-9-12/h1-4,7-8,11-12H,5-6,9-10H2,(H,22,23,24). The van der Waals surface area contributed by atoms with E-state index >= 15 is 0 Å². The predicted octanol–water partition coefficient (Wildman–Crippen LogP) is 5.20. The lowest BCUT2D eigenvalue weighted by molar-refractivity contribution is 0.167. The van der Waals surface area contributed by atoms with Crippen LogP contribution in [-0.2, 0) is 4.74 Å². The van der Waals surface area contributed by atoms with Crippen molar-refractivity contribution < 1.29 is 9.47 Å². The minimum absolute atomic E-state index is 0.440. The Balaban J connectivity index is 1.52.